The van der Waals surface area contributed by atoms with Crippen LogP contribution in [0.5, 0.6) is 0 Å². The third-order valence-corrected chi connectivity index (χ3v) is 2.82. The van der Waals surface area contributed by atoms with Gasteiger partial charge in [0.1, 0.15) is 5.65 Å². The van der Waals surface area contributed by atoms with Gasteiger partial charge in [0.05, 0.1) is 5.69 Å². The predicted molar refractivity (Wildman–Crippen MR) is 62.1 cm³/mol. The first-order valence-electron chi connectivity index (χ1n) is 5.43. The minimum atomic E-state index is 0.674. The van der Waals surface area contributed by atoms with Gasteiger partial charge in [-0.05, 0) is 37.9 Å². The molecule has 0 aliphatic heterocycles. The topological polar surface area (TPSA) is 43.3 Å². The van der Waals surface area contributed by atoms with Crippen LogP contribution in [-0.2, 0) is 12.8 Å². The summed E-state index contributed by atoms with van der Waals surface area (Å²) in [6, 6.07) is 4.17. The molecule has 0 radical (unpaired) electrons. The first-order chi connectivity index (χ1) is 7.27. The third-order valence-electron chi connectivity index (χ3n) is 2.82. The van der Waals surface area contributed by atoms with E-state index in [0.717, 1.165) is 18.5 Å². The van der Waals surface area contributed by atoms with Crippen LogP contribution in [0.4, 0.5) is 0 Å². The van der Waals surface area contributed by atoms with Crippen molar-refractivity contribution in [2.24, 2.45) is 5.73 Å². The average Bonchev–Trinajstić information content (AvgIpc) is 2.58. The van der Waals surface area contributed by atoms with E-state index < -0.39 is 0 Å². The highest BCUT2D eigenvalue weighted by Gasteiger charge is 2.08. The van der Waals surface area contributed by atoms with Crippen molar-refractivity contribution in [3.8, 4) is 0 Å². The van der Waals surface area contributed by atoms with E-state index >= 15 is 0 Å². The fourth-order valence-corrected chi connectivity index (χ4v) is 1.97. The lowest BCUT2D eigenvalue weighted by molar-refractivity contribution is 0.956. The summed E-state index contributed by atoms with van der Waals surface area (Å²) in [5, 5.41) is 0. The smallest absolute Gasteiger partial charge is 0.140 e. The molecular formula is C12H17N3. The van der Waals surface area contributed by atoms with Crippen molar-refractivity contribution in [3.63, 3.8) is 0 Å². The number of fused-ring (bicyclic) bond motifs is 1. The predicted octanol–water partition coefficient (Wildman–Crippen LogP) is 1.71. The highest BCUT2D eigenvalue weighted by atomic mass is 15.0. The first-order valence-corrected chi connectivity index (χ1v) is 5.43. The van der Waals surface area contributed by atoms with E-state index in [1.54, 1.807) is 0 Å². The molecule has 2 rings (SSSR count). The number of imidazole rings is 1. The Bertz CT molecular complexity index is 471. The van der Waals surface area contributed by atoms with Gasteiger partial charge in [0, 0.05) is 11.9 Å². The standard InChI is InChI=1S/C12H17N3/c1-3-11-9(2)15-8-4-5-10(6-7-13)12(15)14-11/h4-5,8H,3,6-7,13H2,1-2H3. The molecule has 2 aromatic rings. The summed E-state index contributed by atoms with van der Waals surface area (Å²) in [5.74, 6) is 0. The molecule has 0 aromatic carbocycles. The SMILES string of the molecule is CCc1nc2c(CCN)cccn2c1C. The minimum absolute atomic E-state index is 0.674. The van der Waals surface area contributed by atoms with Crippen molar-refractivity contribution >= 4 is 5.65 Å². The van der Waals surface area contributed by atoms with Crippen LogP contribution in [0.3, 0.4) is 0 Å². The number of hydrogen-bond acceptors (Lipinski definition) is 2. The second-order valence-corrected chi connectivity index (χ2v) is 3.76. The van der Waals surface area contributed by atoms with Crippen molar-refractivity contribution in [3.05, 3.63) is 35.3 Å². The summed E-state index contributed by atoms with van der Waals surface area (Å²) >= 11 is 0. The summed E-state index contributed by atoms with van der Waals surface area (Å²) in [4.78, 5) is 4.66. The quantitative estimate of drug-likeness (QED) is 0.825. The van der Waals surface area contributed by atoms with Gasteiger partial charge in [0.15, 0.2) is 0 Å². The van der Waals surface area contributed by atoms with Gasteiger partial charge in [-0.15, -0.1) is 0 Å². The summed E-state index contributed by atoms with van der Waals surface area (Å²) in [6.45, 7) is 4.93. The zero-order valence-electron chi connectivity index (χ0n) is 9.33. The van der Waals surface area contributed by atoms with Gasteiger partial charge >= 0.3 is 0 Å². The van der Waals surface area contributed by atoms with E-state index in [-0.39, 0.29) is 0 Å². The zero-order chi connectivity index (χ0) is 10.8. The van der Waals surface area contributed by atoms with Crippen LogP contribution in [0.2, 0.25) is 0 Å². The maximum atomic E-state index is 5.59. The molecule has 2 N–H and O–H groups in total. The number of hydrogen-bond donors (Lipinski definition) is 1. The maximum absolute atomic E-state index is 5.59. The summed E-state index contributed by atoms with van der Waals surface area (Å²) in [7, 11) is 0. The second kappa shape index (κ2) is 4.03. The van der Waals surface area contributed by atoms with Gasteiger partial charge in [-0.1, -0.05) is 13.0 Å². The van der Waals surface area contributed by atoms with Gasteiger partial charge < -0.3 is 10.1 Å². The Kier molecular flexibility index (Phi) is 2.73. The van der Waals surface area contributed by atoms with Crippen LogP contribution in [0, 0.1) is 6.92 Å². The molecule has 0 saturated heterocycles. The van der Waals surface area contributed by atoms with Crippen LogP contribution >= 0.6 is 0 Å². The van der Waals surface area contributed by atoms with Crippen LogP contribution in [-0.4, -0.2) is 15.9 Å². The largest absolute Gasteiger partial charge is 0.330 e. The van der Waals surface area contributed by atoms with E-state index in [1.807, 2.05) is 0 Å². The van der Waals surface area contributed by atoms with E-state index in [4.69, 9.17) is 5.73 Å². The van der Waals surface area contributed by atoms with Gasteiger partial charge in [-0.25, -0.2) is 4.98 Å². The van der Waals surface area contributed by atoms with Gasteiger partial charge in [-0.2, -0.15) is 0 Å². The second-order valence-electron chi connectivity index (χ2n) is 3.76. The molecule has 0 atom stereocenters. The highest BCUT2D eigenvalue weighted by Crippen LogP contribution is 2.16. The van der Waals surface area contributed by atoms with Crippen molar-refractivity contribution in [2.75, 3.05) is 6.54 Å². The monoisotopic (exact) mass is 203 g/mol. The van der Waals surface area contributed by atoms with E-state index in [2.05, 4.69) is 41.6 Å². The van der Waals surface area contributed by atoms with E-state index in [0.29, 0.717) is 6.54 Å². The number of nitrogens with two attached hydrogens (primary N) is 1. The average molecular weight is 203 g/mol. The molecule has 0 spiro atoms. The number of aromatic nitrogens is 2. The van der Waals surface area contributed by atoms with Crippen molar-refractivity contribution in [1.82, 2.24) is 9.38 Å². The molecule has 0 bridgehead atoms. The lowest BCUT2D eigenvalue weighted by atomic mass is 10.2. The van der Waals surface area contributed by atoms with Gasteiger partial charge in [0.25, 0.3) is 0 Å². The number of nitrogens with zero attached hydrogens (tertiary/aromatic N) is 2. The molecule has 0 amide bonds. The summed E-state index contributed by atoms with van der Waals surface area (Å²) < 4.78 is 2.16. The summed E-state index contributed by atoms with van der Waals surface area (Å²) in [6.07, 6.45) is 3.94. The Morgan fingerprint density at radius 1 is 1.47 bits per heavy atom. The molecule has 0 aliphatic rings. The number of aryl methyl sites for hydroxylation is 2. The van der Waals surface area contributed by atoms with E-state index in [1.165, 1.54) is 17.0 Å². The summed E-state index contributed by atoms with van der Waals surface area (Å²) in [5.41, 5.74) is 10.3. The lowest BCUT2D eigenvalue weighted by Crippen LogP contribution is -2.04. The van der Waals surface area contributed by atoms with Gasteiger partial charge in [-0.3, -0.25) is 0 Å². The third kappa shape index (κ3) is 1.63. The number of pyridine rings is 1. The molecule has 15 heavy (non-hydrogen) atoms. The molecule has 0 fully saturated rings. The van der Waals surface area contributed by atoms with Crippen LogP contribution in [0.15, 0.2) is 18.3 Å². The fourth-order valence-electron chi connectivity index (χ4n) is 1.97. The molecular weight excluding hydrogens is 186 g/mol. The van der Waals surface area contributed by atoms with Crippen molar-refractivity contribution in [1.29, 1.82) is 0 Å². The zero-order valence-corrected chi connectivity index (χ0v) is 9.33. The molecule has 0 aliphatic carbocycles. The maximum Gasteiger partial charge on any atom is 0.140 e. The Morgan fingerprint density at radius 2 is 2.27 bits per heavy atom. The van der Waals surface area contributed by atoms with Crippen LogP contribution < -0.4 is 5.73 Å². The minimum Gasteiger partial charge on any atom is -0.330 e. The molecule has 80 valence electrons. The molecule has 0 unspecified atom stereocenters. The Labute approximate surface area is 89.9 Å². The lowest BCUT2D eigenvalue weighted by Gasteiger charge is -2.01. The molecule has 2 aromatic heterocycles. The first kappa shape index (κ1) is 10.2. The normalized spacial score (nSPS) is 11.1. The molecule has 0 saturated carbocycles. The highest BCUT2D eigenvalue weighted by molar-refractivity contribution is 5.51. The van der Waals surface area contributed by atoms with E-state index in [9.17, 15) is 0 Å². The van der Waals surface area contributed by atoms with Gasteiger partial charge in [0.2, 0.25) is 0 Å². The number of rotatable bonds is 3. The van der Waals surface area contributed by atoms with Crippen LogP contribution in [0.25, 0.3) is 5.65 Å². The Morgan fingerprint density at radius 3 is 2.93 bits per heavy atom. The Balaban J connectivity index is 2.65. The van der Waals surface area contributed by atoms with Crippen LogP contribution in [0.1, 0.15) is 23.9 Å². The molecule has 3 heteroatoms. The van der Waals surface area contributed by atoms with Crippen molar-refractivity contribution < 1.29 is 0 Å². The fraction of sp³-hybridized carbons (Fsp3) is 0.417. The molecule has 2 heterocycles. The Hall–Kier alpha value is -1.35. The van der Waals surface area contributed by atoms with Crippen molar-refractivity contribution in [2.45, 2.75) is 26.7 Å². The molecule has 3 nitrogen and oxygen atoms in total.